The quantitative estimate of drug-likeness (QED) is 0.384. The number of nitrogens with one attached hydrogen (secondary N) is 1. The average Bonchev–Trinajstić information content (AvgIpc) is 2.81. The van der Waals surface area contributed by atoms with E-state index in [0.29, 0.717) is 16.7 Å². The highest BCUT2D eigenvalue weighted by Gasteiger charge is 2.18. The van der Waals surface area contributed by atoms with Gasteiger partial charge in [-0.05, 0) is 72.9 Å². The van der Waals surface area contributed by atoms with Gasteiger partial charge in [0.15, 0.2) is 0 Å². The van der Waals surface area contributed by atoms with Gasteiger partial charge in [0.1, 0.15) is 11.5 Å². The summed E-state index contributed by atoms with van der Waals surface area (Å²) in [5, 5.41) is 23.1. The van der Waals surface area contributed by atoms with Crippen LogP contribution >= 0.6 is 11.8 Å². The van der Waals surface area contributed by atoms with Gasteiger partial charge in [-0.2, -0.15) is 0 Å². The minimum Gasteiger partial charge on any atom is -0.508 e. The average molecular weight is 460 g/mol. The number of phenolic OH excluding ortho intramolecular Hbond substituents is 2. The van der Waals surface area contributed by atoms with Crippen LogP contribution in [0.2, 0.25) is 0 Å². The molecule has 0 radical (unpaired) electrons. The first-order valence-corrected chi connectivity index (χ1v) is 12.1. The van der Waals surface area contributed by atoms with Crippen LogP contribution in [-0.4, -0.2) is 22.2 Å². The minimum absolute atomic E-state index is 0.00173. The van der Waals surface area contributed by atoms with Crippen LogP contribution in [0.4, 0.5) is 0 Å². The van der Waals surface area contributed by atoms with Gasteiger partial charge < -0.3 is 15.5 Å². The number of hydrogen-bond donors (Lipinski definition) is 3. The molecule has 3 aromatic carbocycles. The number of benzene rings is 3. The van der Waals surface area contributed by atoms with Gasteiger partial charge >= 0.3 is 0 Å². The summed E-state index contributed by atoms with van der Waals surface area (Å²) in [5.41, 5.74) is 3.88. The molecule has 0 aromatic heterocycles. The fraction of sp³-hybridized carbons (Fsp3) is 0.250. The molecule has 0 spiro atoms. The number of amides is 1. The summed E-state index contributed by atoms with van der Waals surface area (Å²) < 4.78 is 0. The highest BCUT2D eigenvalue weighted by molar-refractivity contribution is 7.99. The summed E-state index contributed by atoms with van der Waals surface area (Å²) in [6, 6.07) is 18.5. The molecule has 5 heteroatoms. The van der Waals surface area contributed by atoms with Crippen LogP contribution in [0, 0.1) is 6.92 Å². The molecule has 4 rings (SSSR count). The zero-order valence-corrected chi connectivity index (χ0v) is 19.6. The molecule has 33 heavy (non-hydrogen) atoms. The lowest BCUT2D eigenvalue weighted by Crippen LogP contribution is -2.36. The van der Waals surface area contributed by atoms with E-state index in [-0.39, 0.29) is 23.4 Å². The highest BCUT2D eigenvalue weighted by atomic mass is 32.2. The van der Waals surface area contributed by atoms with Crippen LogP contribution in [0.5, 0.6) is 11.5 Å². The van der Waals surface area contributed by atoms with Gasteiger partial charge in [-0.25, -0.2) is 0 Å². The van der Waals surface area contributed by atoms with Crippen molar-refractivity contribution >= 4 is 23.2 Å². The van der Waals surface area contributed by atoms with E-state index >= 15 is 0 Å². The van der Waals surface area contributed by atoms with Gasteiger partial charge in [-0.3, -0.25) is 4.79 Å². The van der Waals surface area contributed by atoms with E-state index in [1.807, 2.05) is 49.4 Å². The number of phenols is 2. The van der Waals surface area contributed by atoms with Crippen molar-refractivity contribution in [3.8, 4) is 11.5 Å². The Morgan fingerprint density at radius 2 is 1.70 bits per heavy atom. The molecule has 1 amide bonds. The van der Waals surface area contributed by atoms with E-state index in [4.69, 9.17) is 0 Å². The van der Waals surface area contributed by atoms with Crippen LogP contribution < -0.4 is 5.32 Å². The Hall–Kier alpha value is -3.18. The van der Waals surface area contributed by atoms with Crippen molar-refractivity contribution in [1.82, 2.24) is 5.32 Å². The third kappa shape index (κ3) is 5.42. The normalized spacial score (nSPS) is 14.1. The maximum absolute atomic E-state index is 12.7. The van der Waals surface area contributed by atoms with Crippen molar-refractivity contribution in [2.45, 2.75) is 54.9 Å². The van der Waals surface area contributed by atoms with Gasteiger partial charge in [0.25, 0.3) is 5.91 Å². The molecular formula is C28H29NO3S. The maximum Gasteiger partial charge on any atom is 0.251 e. The Bertz CT molecular complexity index is 1180. The van der Waals surface area contributed by atoms with Crippen molar-refractivity contribution in [1.29, 1.82) is 0 Å². The Balaban J connectivity index is 1.53. The monoisotopic (exact) mass is 459 g/mol. The Morgan fingerprint density at radius 1 is 0.939 bits per heavy atom. The van der Waals surface area contributed by atoms with Crippen molar-refractivity contribution in [2.24, 2.45) is 0 Å². The van der Waals surface area contributed by atoms with Gasteiger partial charge in [0.2, 0.25) is 0 Å². The summed E-state index contributed by atoms with van der Waals surface area (Å²) in [4.78, 5) is 14.8. The lowest BCUT2D eigenvalue weighted by molar-refractivity contribution is 0.0927. The summed E-state index contributed by atoms with van der Waals surface area (Å²) in [6.45, 7) is 6.21. The predicted molar refractivity (Wildman–Crippen MR) is 134 cm³/mol. The molecule has 0 atom stereocenters. The molecule has 1 aliphatic carbocycles. The second-order valence-corrected chi connectivity index (χ2v) is 9.65. The smallest absolute Gasteiger partial charge is 0.251 e. The summed E-state index contributed by atoms with van der Waals surface area (Å²) in [5.74, 6) is -0.00241. The van der Waals surface area contributed by atoms with Crippen molar-refractivity contribution in [3.63, 3.8) is 0 Å². The molecule has 170 valence electrons. The van der Waals surface area contributed by atoms with Crippen LogP contribution in [0.25, 0.3) is 5.57 Å². The summed E-state index contributed by atoms with van der Waals surface area (Å²) >= 11 is 1.61. The third-order valence-electron chi connectivity index (χ3n) is 6.12. The Kier molecular flexibility index (Phi) is 7.09. The van der Waals surface area contributed by atoms with E-state index in [1.165, 1.54) is 31.4 Å². The van der Waals surface area contributed by atoms with Gasteiger partial charge in [-0.1, -0.05) is 55.8 Å². The number of aryl methyl sites for hydroxylation is 1. The van der Waals surface area contributed by atoms with E-state index in [0.717, 1.165) is 33.8 Å². The lowest BCUT2D eigenvalue weighted by atomic mass is 9.95. The molecule has 4 nitrogen and oxygen atoms in total. The largest absolute Gasteiger partial charge is 0.508 e. The van der Waals surface area contributed by atoms with Crippen molar-refractivity contribution in [2.75, 3.05) is 0 Å². The Labute approximate surface area is 199 Å². The summed E-state index contributed by atoms with van der Waals surface area (Å²) in [6.07, 6.45) is 5.77. The number of rotatable bonds is 6. The molecule has 1 saturated carbocycles. The van der Waals surface area contributed by atoms with Crippen LogP contribution in [0.1, 0.15) is 59.2 Å². The fourth-order valence-electron chi connectivity index (χ4n) is 4.26. The van der Waals surface area contributed by atoms with Crippen molar-refractivity contribution in [3.05, 3.63) is 89.5 Å². The first-order chi connectivity index (χ1) is 15.9. The van der Waals surface area contributed by atoms with E-state index in [9.17, 15) is 15.0 Å². The molecule has 0 unspecified atom stereocenters. The molecule has 0 saturated heterocycles. The lowest BCUT2D eigenvalue weighted by Gasteiger charge is -2.23. The molecule has 3 N–H and O–H groups in total. The van der Waals surface area contributed by atoms with Gasteiger partial charge in [0.05, 0.1) is 0 Å². The standard InChI is InChI=1S/C28H29NO3S/c1-18-16-20(28(32)29-21-8-4-3-5-9-21)12-15-26(18)33-27-11-7-6-10-24(27)19(2)23-14-13-22(30)17-25(23)31/h6-7,10-17,21,30-31H,2-5,8-9H2,1H3,(H,29,32). The minimum atomic E-state index is -0.00989. The SMILES string of the molecule is C=C(c1ccc(O)cc1O)c1ccccc1Sc1ccc(C(=O)NC2CCCCC2)cc1C. The predicted octanol–water partition coefficient (Wildman–Crippen LogP) is 6.68. The maximum atomic E-state index is 12.7. The molecule has 0 heterocycles. The zero-order chi connectivity index (χ0) is 23.4. The second-order valence-electron chi connectivity index (χ2n) is 8.57. The van der Waals surface area contributed by atoms with Gasteiger partial charge in [-0.15, -0.1) is 0 Å². The van der Waals surface area contributed by atoms with E-state index in [2.05, 4.69) is 11.9 Å². The number of carbonyl (C=O) groups is 1. The Morgan fingerprint density at radius 3 is 2.42 bits per heavy atom. The van der Waals surface area contributed by atoms with E-state index < -0.39 is 0 Å². The molecule has 3 aromatic rings. The molecule has 1 fully saturated rings. The number of carbonyl (C=O) groups excluding carboxylic acids is 1. The molecule has 0 bridgehead atoms. The number of aromatic hydroxyl groups is 2. The van der Waals surface area contributed by atoms with Crippen LogP contribution in [0.3, 0.4) is 0 Å². The first-order valence-electron chi connectivity index (χ1n) is 11.3. The number of hydrogen-bond acceptors (Lipinski definition) is 4. The zero-order valence-electron chi connectivity index (χ0n) is 18.8. The molecule has 1 aliphatic rings. The topological polar surface area (TPSA) is 69.6 Å². The first kappa shape index (κ1) is 23.0. The van der Waals surface area contributed by atoms with E-state index in [1.54, 1.807) is 17.8 Å². The summed E-state index contributed by atoms with van der Waals surface area (Å²) in [7, 11) is 0. The second kappa shape index (κ2) is 10.2. The fourth-order valence-corrected chi connectivity index (χ4v) is 5.31. The van der Waals surface area contributed by atoms with Crippen LogP contribution in [0.15, 0.2) is 77.0 Å². The molecule has 0 aliphatic heterocycles. The third-order valence-corrected chi connectivity index (χ3v) is 7.37. The van der Waals surface area contributed by atoms with Gasteiger partial charge in [0, 0.05) is 33.0 Å². The van der Waals surface area contributed by atoms with Crippen LogP contribution in [-0.2, 0) is 0 Å². The molecular weight excluding hydrogens is 430 g/mol. The highest BCUT2D eigenvalue weighted by Crippen LogP contribution is 2.39. The van der Waals surface area contributed by atoms with Crippen molar-refractivity contribution < 1.29 is 15.0 Å².